The van der Waals surface area contributed by atoms with Gasteiger partial charge in [0.1, 0.15) is 0 Å². The van der Waals surface area contributed by atoms with Crippen LogP contribution < -0.4 is 20.1 Å². The van der Waals surface area contributed by atoms with Crippen molar-refractivity contribution in [3.8, 4) is 11.5 Å². The minimum atomic E-state index is -0.0687. The lowest BCUT2D eigenvalue weighted by molar-refractivity contribution is -0.128. The van der Waals surface area contributed by atoms with E-state index >= 15 is 0 Å². The number of hydrogen-bond donors (Lipinski definition) is 2. The monoisotopic (exact) mass is 394 g/mol. The molecule has 6 nitrogen and oxygen atoms in total. The second-order valence-corrected chi connectivity index (χ2v) is 7.75. The van der Waals surface area contributed by atoms with Gasteiger partial charge in [-0.1, -0.05) is 24.3 Å². The minimum absolute atomic E-state index is 0.00244. The van der Waals surface area contributed by atoms with Crippen molar-refractivity contribution in [1.29, 1.82) is 0 Å². The average Bonchev–Trinajstić information content (AvgIpc) is 3.21. The summed E-state index contributed by atoms with van der Waals surface area (Å²) >= 11 is 0. The lowest BCUT2D eigenvalue weighted by Gasteiger charge is -2.27. The molecule has 4 rings (SSSR count). The number of carbonyl (C=O) groups excluding carboxylic acids is 2. The highest BCUT2D eigenvalue weighted by atomic mass is 16.7. The van der Waals surface area contributed by atoms with Crippen LogP contribution in [0.2, 0.25) is 0 Å². The molecule has 0 atom stereocenters. The van der Waals surface area contributed by atoms with E-state index in [1.807, 2.05) is 37.3 Å². The molecule has 2 N–H and O–H groups in total. The summed E-state index contributed by atoms with van der Waals surface area (Å²) in [6.07, 6.45) is 2.91. The molecule has 1 saturated carbocycles. The number of carbonyl (C=O) groups is 2. The van der Waals surface area contributed by atoms with Gasteiger partial charge in [-0.05, 0) is 55.9 Å². The van der Waals surface area contributed by atoms with Gasteiger partial charge in [-0.2, -0.15) is 0 Å². The predicted octanol–water partition coefficient (Wildman–Crippen LogP) is 3.79. The van der Waals surface area contributed by atoms with Gasteiger partial charge in [0.05, 0.1) is 0 Å². The second-order valence-electron chi connectivity index (χ2n) is 7.75. The number of anilines is 1. The van der Waals surface area contributed by atoms with E-state index in [1.54, 1.807) is 12.1 Å². The number of aryl methyl sites for hydroxylation is 1. The maximum atomic E-state index is 12.6. The Morgan fingerprint density at radius 1 is 0.931 bits per heavy atom. The van der Waals surface area contributed by atoms with Crippen molar-refractivity contribution in [3.05, 3.63) is 53.6 Å². The molecule has 1 heterocycles. The van der Waals surface area contributed by atoms with Crippen molar-refractivity contribution in [3.63, 3.8) is 0 Å². The predicted molar refractivity (Wildman–Crippen MR) is 110 cm³/mol. The first kappa shape index (κ1) is 19.3. The van der Waals surface area contributed by atoms with Gasteiger partial charge in [-0.25, -0.2) is 0 Å². The molecule has 29 heavy (non-hydrogen) atoms. The topological polar surface area (TPSA) is 76.7 Å². The van der Waals surface area contributed by atoms with Crippen LogP contribution in [0.5, 0.6) is 11.5 Å². The van der Waals surface area contributed by atoms with Gasteiger partial charge in [0, 0.05) is 30.1 Å². The molecule has 0 bridgehead atoms. The SMILES string of the molecule is Cc1ccccc1CNC(=O)C1CCC(C(=O)Nc2ccc3c(c2)OCO3)CC1. The van der Waals surface area contributed by atoms with E-state index in [9.17, 15) is 9.59 Å². The average molecular weight is 394 g/mol. The first-order valence-electron chi connectivity index (χ1n) is 10.1. The summed E-state index contributed by atoms with van der Waals surface area (Å²) in [5, 5.41) is 6.02. The third-order valence-electron chi connectivity index (χ3n) is 5.82. The first-order chi connectivity index (χ1) is 14.1. The van der Waals surface area contributed by atoms with Crippen LogP contribution in [-0.4, -0.2) is 18.6 Å². The molecule has 0 aromatic heterocycles. The van der Waals surface area contributed by atoms with Crippen molar-refractivity contribution >= 4 is 17.5 Å². The second kappa shape index (κ2) is 8.55. The lowest BCUT2D eigenvalue weighted by Crippen LogP contribution is -2.35. The molecule has 6 heteroatoms. The summed E-state index contributed by atoms with van der Waals surface area (Å²) in [5.74, 6) is 1.34. The van der Waals surface area contributed by atoms with Crippen molar-refractivity contribution in [2.45, 2.75) is 39.2 Å². The maximum absolute atomic E-state index is 12.6. The van der Waals surface area contributed by atoms with Crippen LogP contribution in [0.4, 0.5) is 5.69 Å². The normalized spacial score (nSPS) is 20.2. The number of nitrogens with one attached hydrogen (secondary N) is 2. The van der Waals surface area contributed by atoms with Gasteiger partial charge < -0.3 is 20.1 Å². The van der Waals surface area contributed by atoms with E-state index in [-0.39, 0.29) is 30.4 Å². The molecule has 0 unspecified atom stereocenters. The summed E-state index contributed by atoms with van der Waals surface area (Å²) in [7, 11) is 0. The van der Waals surface area contributed by atoms with Crippen LogP contribution in [0.1, 0.15) is 36.8 Å². The lowest BCUT2D eigenvalue weighted by atomic mass is 9.81. The van der Waals surface area contributed by atoms with Gasteiger partial charge in [-0.3, -0.25) is 9.59 Å². The Hall–Kier alpha value is -3.02. The molecule has 0 saturated heterocycles. The van der Waals surface area contributed by atoms with E-state index in [0.29, 0.717) is 23.7 Å². The number of hydrogen-bond acceptors (Lipinski definition) is 4. The molecule has 1 fully saturated rings. The standard InChI is InChI=1S/C23H26N2O4/c1-15-4-2-3-5-18(15)13-24-22(26)16-6-8-17(9-7-16)23(27)25-19-10-11-20-21(12-19)29-14-28-20/h2-5,10-12,16-17H,6-9,13-14H2,1H3,(H,24,26)(H,25,27). The molecule has 2 aromatic rings. The zero-order valence-electron chi connectivity index (χ0n) is 16.6. The number of benzene rings is 2. The molecule has 2 aromatic carbocycles. The number of amides is 2. The minimum Gasteiger partial charge on any atom is -0.454 e. The Kier molecular flexibility index (Phi) is 5.69. The zero-order chi connectivity index (χ0) is 20.2. The highest BCUT2D eigenvalue weighted by Gasteiger charge is 2.30. The molecule has 152 valence electrons. The summed E-state index contributed by atoms with van der Waals surface area (Å²) in [6, 6.07) is 13.5. The van der Waals surface area contributed by atoms with E-state index in [0.717, 1.165) is 31.2 Å². The van der Waals surface area contributed by atoms with Crippen LogP contribution in [0, 0.1) is 18.8 Å². The molecular formula is C23H26N2O4. The Bertz CT molecular complexity index is 904. The van der Waals surface area contributed by atoms with Gasteiger partial charge in [0.15, 0.2) is 11.5 Å². The van der Waals surface area contributed by atoms with E-state index in [2.05, 4.69) is 10.6 Å². The Morgan fingerprint density at radius 2 is 1.62 bits per heavy atom. The number of fused-ring (bicyclic) bond motifs is 1. The summed E-state index contributed by atoms with van der Waals surface area (Å²) in [4.78, 5) is 25.1. The van der Waals surface area contributed by atoms with Crippen LogP contribution in [0.3, 0.4) is 0 Å². The smallest absolute Gasteiger partial charge is 0.231 e. The molecule has 1 aliphatic carbocycles. The van der Waals surface area contributed by atoms with Gasteiger partial charge in [0.2, 0.25) is 18.6 Å². The van der Waals surface area contributed by atoms with Crippen molar-refractivity contribution < 1.29 is 19.1 Å². The first-order valence-corrected chi connectivity index (χ1v) is 10.1. The highest BCUT2D eigenvalue weighted by Crippen LogP contribution is 2.35. The van der Waals surface area contributed by atoms with E-state index in [4.69, 9.17) is 9.47 Å². The Labute approximate surface area is 170 Å². The summed E-state index contributed by atoms with van der Waals surface area (Å²) in [6.45, 7) is 2.81. The molecular weight excluding hydrogens is 368 g/mol. The third kappa shape index (κ3) is 4.53. The van der Waals surface area contributed by atoms with Crippen molar-refractivity contribution in [2.24, 2.45) is 11.8 Å². The molecule has 0 radical (unpaired) electrons. The maximum Gasteiger partial charge on any atom is 0.231 e. The third-order valence-corrected chi connectivity index (χ3v) is 5.82. The van der Waals surface area contributed by atoms with E-state index < -0.39 is 0 Å². The molecule has 1 aliphatic heterocycles. The van der Waals surface area contributed by atoms with Crippen LogP contribution in [0.25, 0.3) is 0 Å². The van der Waals surface area contributed by atoms with Gasteiger partial charge >= 0.3 is 0 Å². The number of rotatable bonds is 5. The fourth-order valence-electron chi connectivity index (χ4n) is 3.97. The quantitative estimate of drug-likeness (QED) is 0.809. The van der Waals surface area contributed by atoms with Crippen LogP contribution in [0.15, 0.2) is 42.5 Å². The van der Waals surface area contributed by atoms with Crippen LogP contribution >= 0.6 is 0 Å². The van der Waals surface area contributed by atoms with E-state index in [1.165, 1.54) is 5.56 Å². The highest BCUT2D eigenvalue weighted by molar-refractivity contribution is 5.93. The van der Waals surface area contributed by atoms with Crippen molar-refractivity contribution in [1.82, 2.24) is 5.32 Å². The van der Waals surface area contributed by atoms with Gasteiger partial charge in [-0.15, -0.1) is 0 Å². The fourth-order valence-corrected chi connectivity index (χ4v) is 3.97. The largest absolute Gasteiger partial charge is 0.454 e. The number of ether oxygens (including phenoxy) is 2. The molecule has 2 amide bonds. The molecule has 0 spiro atoms. The van der Waals surface area contributed by atoms with Crippen LogP contribution in [-0.2, 0) is 16.1 Å². The summed E-state index contributed by atoms with van der Waals surface area (Å²) in [5.41, 5.74) is 3.02. The van der Waals surface area contributed by atoms with Crippen molar-refractivity contribution in [2.75, 3.05) is 12.1 Å². The van der Waals surface area contributed by atoms with Gasteiger partial charge in [0.25, 0.3) is 0 Å². The molecule has 2 aliphatic rings. The Morgan fingerprint density at radius 3 is 2.38 bits per heavy atom. The summed E-state index contributed by atoms with van der Waals surface area (Å²) < 4.78 is 10.6. The fraction of sp³-hybridized carbons (Fsp3) is 0.391. The Balaban J connectivity index is 1.25. The zero-order valence-corrected chi connectivity index (χ0v) is 16.6.